The first kappa shape index (κ1) is 21.2. The number of carboxylic acids is 1. The van der Waals surface area contributed by atoms with Crippen molar-refractivity contribution in [3.8, 4) is 0 Å². The average molecular weight is 354 g/mol. The summed E-state index contributed by atoms with van der Waals surface area (Å²) in [7, 11) is 1.23. The van der Waals surface area contributed by atoms with Crippen LogP contribution < -0.4 is 11.1 Å². The summed E-state index contributed by atoms with van der Waals surface area (Å²) < 4.78 is 4.73. The van der Waals surface area contributed by atoms with Crippen molar-refractivity contribution >= 4 is 17.8 Å². The van der Waals surface area contributed by atoms with Gasteiger partial charge < -0.3 is 20.9 Å². The number of nitrogens with two attached hydrogens (primary N) is 1. The van der Waals surface area contributed by atoms with E-state index in [4.69, 9.17) is 15.6 Å². The van der Waals surface area contributed by atoms with Crippen molar-refractivity contribution in [2.45, 2.75) is 59.0 Å². The van der Waals surface area contributed by atoms with E-state index in [1.54, 1.807) is 6.08 Å². The second-order valence-electron chi connectivity index (χ2n) is 8.05. The van der Waals surface area contributed by atoms with Crippen LogP contribution in [-0.2, 0) is 19.1 Å². The standard InChI is InChI=1S/C18H30N2O5/c1-17(2)8-9-18(3,4)13(17)7-6-12(16(24)25-5)20-15(23)11(19)10-14(21)22/h6-7,11-13H,8-10,19H2,1-5H3,(H,20,23)(H,21,22)/t11-,12?/m0/s1. The molecule has 0 aromatic rings. The Morgan fingerprint density at radius 3 is 2.20 bits per heavy atom. The van der Waals surface area contributed by atoms with Crippen LogP contribution in [0.15, 0.2) is 12.2 Å². The van der Waals surface area contributed by atoms with Gasteiger partial charge >= 0.3 is 11.9 Å². The molecular weight excluding hydrogens is 324 g/mol. The summed E-state index contributed by atoms with van der Waals surface area (Å²) in [4.78, 5) is 34.7. The highest BCUT2D eigenvalue weighted by molar-refractivity contribution is 5.90. The number of hydrogen-bond donors (Lipinski definition) is 3. The molecule has 1 aliphatic rings. The number of amides is 1. The fourth-order valence-electron chi connectivity index (χ4n) is 3.61. The molecule has 4 N–H and O–H groups in total. The second-order valence-corrected chi connectivity index (χ2v) is 8.05. The quantitative estimate of drug-likeness (QED) is 0.470. The number of carboxylic acid groups (broad SMARTS) is 1. The number of methoxy groups -OCH3 is 1. The highest BCUT2D eigenvalue weighted by Gasteiger charge is 2.45. The predicted octanol–water partition coefficient (Wildman–Crippen LogP) is 1.46. The van der Waals surface area contributed by atoms with Crippen molar-refractivity contribution in [1.82, 2.24) is 5.32 Å². The molecule has 142 valence electrons. The zero-order chi connectivity index (χ0) is 19.4. The Morgan fingerprint density at radius 2 is 1.76 bits per heavy atom. The van der Waals surface area contributed by atoms with Gasteiger partial charge in [0.25, 0.3) is 0 Å². The molecule has 1 rings (SSSR count). The van der Waals surface area contributed by atoms with Crippen molar-refractivity contribution in [3.05, 3.63) is 12.2 Å². The van der Waals surface area contributed by atoms with Crippen LogP contribution in [0.5, 0.6) is 0 Å². The van der Waals surface area contributed by atoms with E-state index in [-0.39, 0.29) is 16.7 Å². The highest BCUT2D eigenvalue weighted by Crippen LogP contribution is 2.54. The molecule has 1 saturated carbocycles. The first-order chi connectivity index (χ1) is 11.4. The molecule has 0 spiro atoms. The second kappa shape index (κ2) is 7.99. The summed E-state index contributed by atoms with van der Waals surface area (Å²) in [5.41, 5.74) is 5.72. The number of aliphatic carboxylic acids is 1. The van der Waals surface area contributed by atoms with Gasteiger partial charge in [0, 0.05) is 0 Å². The molecule has 1 fully saturated rings. The summed E-state index contributed by atoms with van der Waals surface area (Å²) in [6.07, 6.45) is 5.22. The van der Waals surface area contributed by atoms with Crippen LogP contribution in [-0.4, -0.2) is 42.1 Å². The van der Waals surface area contributed by atoms with Crippen LogP contribution in [0.1, 0.15) is 47.0 Å². The zero-order valence-electron chi connectivity index (χ0n) is 15.7. The number of nitrogens with one attached hydrogen (secondary N) is 1. The van der Waals surface area contributed by atoms with Crippen molar-refractivity contribution in [3.63, 3.8) is 0 Å². The molecule has 0 radical (unpaired) electrons. The molecule has 0 heterocycles. The number of ether oxygens (including phenoxy) is 1. The molecule has 0 aromatic carbocycles. The lowest BCUT2D eigenvalue weighted by Crippen LogP contribution is -2.48. The Bertz CT molecular complexity index is 538. The number of allylic oxidation sites excluding steroid dienone is 1. The maximum absolute atomic E-state index is 12.0. The number of rotatable bonds is 7. The van der Waals surface area contributed by atoms with Crippen LogP contribution in [0.3, 0.4) is 0 Å². The Morgan fingerprint density at radius 1 is 1.24 bits per heavy atom. The largest absolute Gasteiger partial charge is 0.481 e. The van der Waals surface area contributed by atoms with Gasteiger partial charge in [0.15, 0.2) is 0 Å². The molecule has 0 bridgehead atoms. The lowest BCUT2D eigenvalue weighted by molar-refractivity contribution is -0.144. The SMILES string of the molecule is COC(=O)C(C=CC1C(C)(C)CCC1(C)C)NC(=O)[C@@H](N)CC(=O)O. The number of hydrogen-bond acceptors (Lipinski definition) is 5. The third-order valence-electron chi connectivity index (χ3n) is 5.08. The number of esters is 1. The lowest BCUT2D eigenvalue weighted by Gasteiger charge is -2.33. The van der Waals surface area contributed by atoms with E-state index in [0.29, 0.717) is 0 Å². The maximum Gasteiger partial charge on any atom is 0.332 e. The summed E-state index contributed by atoms with van der Waals surface area (Å²) in [5, 5.41) is 11.2. The van der Waals surface area contributed by atoms with Gasteiger partial charge in [-0.25, -0.2) is 4.79 Å². The van der Waals surface area contributed by atoms with E-state index in [2.05, 4.69) is 33.0 Å². The minimum absolute atomic E-state index is 0.0877. The zero-order valence-corrected chi connectivity index (χ0v) is 15.7. The maximum atomic E-state index is 12.0. The lowest BCUT2D eigenvalue weighted by atomic mass is 9.72. The molecule has 0 aromatic heterocycles. The van der Waals surface area contributed by atoms with Crippen LogP contribution in [0.2, 0.25) is 0 Å². The fraction of sp³-hybridized carbons (Fsp3) is 0.722. The molecule has 7 nitrogen and oxygen atoms in total. The van der Waals surface area contributed by atoms with E-state index in [0.717, 1.165) is 12.8 Å². The Labute approximate surface area is 149 Å². The van der Waals surface area contributed by atoms with E-state index in [9.17, 15) is 14.4 Å². The molecule has 1 unspecified atom stereocenters. The van der Waals surface area contributed by atoms with E-state index in [1.165, 1.54) is 7.11 Å². The summed E-state index contributed by atoms with van der Waals surface area (Å²) in [6.45, 7) is 8.74. The molecule has 25 heavy (non-hydrogen) atoms. The molecular formula is C18H30N2O5. The van der Waals surface area contributed by atoms with Gasteiger partial charge in [-0.2, -0.15) is 0 Å². The van der Waals surface area contributed by atoms with Gasteiger partial charge in [-0.1, -0.05) is 39.8 Å². The molecule has 1 amide bonds. The summed E-state index contributed by atoms with van der Waals surface area (Å²) in [5.74, 6) is -2.27. The van der Waals surface area contributed by atoms with Gasteiger partial charge in [-0.15, -0.1) is 0 Å². The van der Waals surface area contributed by atoms with Crippen molar-refractivity contribution < 1.29 is 24.2 Å². The van der Waals surface area contributed by atoms with Gasteiger partial charge in [0.05, 0.1) is 19.6 Å². The van der Waals surface area contributed by atoms with Gasteiger partial charge in [0.2, 0.25) is 5.91 Å². The molecule has 2 atom stereocenters. The van der Waals surface area contributed by atoms with Crippen molar-refractivity contribution in [1.29, 1.82) is 0 Å². The van der Waals surface area contributed by atoms with Gasteiger partial charge in [0.1, 0.15) is 6.04 Å². The Kier molecular flexibility index (Phi) is 6.76. The molecule has 7 heteroatoms. The summed E-state index contributed by atoms with van der Waals surface area (Å²) in [6, 6.07) is -2.22. The van der Waals surface area contributed by atoms with Crippen LogP contribution in [0.25, 0.3) is 0 Å². The monoisotopic (exact) mass is 354 g/mol. The van der Waals surface area contributed by atoms with Crippen molar-refractivity contribution in [2.24, 2.45) is 22.5 Å². The Balaban J connectivity index is 2.91. The van der Waals surface area contributed by atoms with Gasteiger partial charge in [-0.3, -0.25) is 9.59 Å². The minimum Gasteiger partial charge on any atom is -0.481 e. The highest BCUT2D eigenvalue weighted by atomic mass is 16.5. The third kappa shape index (κ3) is 5.56. The molecule has 0 aliphatic heterocycles. The third-order valence-corrected chi connectivity index (χ3v) is 5.08. The Hall–Kier alpha value is -1.89. The van der Waals surface area contributed by atoms with Gasteiger partial charge in [-0.05, 0) is 29.6 Å². The average Bonchev–Trinajstić information content (AvgIpc) is 2.70. The predicted molar refractivity (Wildman–Crippen MR) is 93.6 cm³/mol. The summed E-state index contributed by atoms with van der Waals surface area (Å²) >= 11 is 0. The fourth-order valence-corrected chi connectivity index (χ4v) is 3.61. The number of carbonyl (C=O) groups is 3. The first-order valence-corrected chi connectivity index (χ1v) is 8.44. The van der Waals surface area contributed by atoms with E-state index in [1.807, 2.05) is 6.08 Å². The topological polar surface area (TPSA) is 119 Å². The molecule has 1 aliphatic carbocycles. The van der Waals surface area contributed by atoms with Crippen LogP contribution >= 0.6 is 0 Å². The van der Waals surface area contributed by atoms with E-state index >= 15 is 0 Å². The minimum atomic E-state index is -1.22. The van der Waals surface area contributed by atoms with Crippen LogP contribution in [0, 0.1) is 16.7 Å². The number of carbonyl (C=O) groups excluding carboxylic acids is 2. The molecule has 0 saturated heterocycles. The first-order valence-electron chi connectivity index (χ1n) is 8.44. The van der Waals surface area contributed by atoms with E-state index < -0.39 is 36.4 Å². The van der Waals surface area contributed by atoms with Crippen LogP contribution in [0.4, 0.5) is 0 Å². The van der Waals surface area contributed by atoms with Crippen molar-refractivity contribution in [2.75, 3.05) is 7.11 Å². The smallest absolute Gasteiger partial charge is 0.332 e. The normalized spacial score (nSPS) is 21.7.